The second-order valence-corrected chi connectivity index (χ2v) is 4.51. The molecule has 0 aliphatic heterocycles. The molecule has 0 unspecified atom stereocenters. The molecule has 2 aromatic rings. The zero-order chi connectivity index (χ0) is 13.5. The van der Waals surface area contributed by atoms with Crippen LogP contribution in [-0.2, 0) is 19.5 Å². The van der Waals surface area contributed by atoms with Crippen LogP contribution in [0.5, 0.6) is 0 Å². The van der Waals surface area contributed by atoms with Crippen LogP contribution >= 0.6 is 0 Å². The number of aliphatic hydroxyl groups is 1. The number of benzene rings is 1. The van der Waals surface area contributed by atoms with E-state index in [-0.39, 0.29) is 6.61 Å². The summed E-state index contributed by atoms with van der Waals surface area (Å²) in [7, 11) is 0. The third-order valence-electron chi connectivity index (χ3n) is 3.14. The van der Waals surface area contributed by atoms with Crippen LogP contribution in [0, 0.1) is 0 Å². The second kappa shape index (κ2) is 6.95. The van der Waals surface area contributed by atoms with Crippen LogP contribution in [-0.4, -0.2) is 21.3 Å². The number of nitrogens with one attached hydrogen (secondary N) is 1. The summed E-state index contributed by atoms with van der Waals surface area (Å²) >= 11 is 0. The highest BCUT2D eigenvalue weighted by Crippen LogP contribution is 2.13. The fourth-order valence-electron chi connectivity index (χ4n) is 2.10. The maximum atomic E-state index is 8.86. The first-order chi connectivity index (χ1) is 9.33. The maximum Gasteiger partial charge on any atom is 0.128 e. The van der Waals surface area contributed by atoms with E-state index in [1.807, 2.05) is 18.5 Å². The number of aryl methyl sites for hydroxylation is 2. The van der Waals surface area contributed by atoms with Gasteiger partial charge >= 0.3 is 0 Å². The van der Waals surface area contributed by atoms with Crippen LogP contribution in [0.1, 0.15) is 24.7 Å². The number of anilines is 1. The van der Waals surface area contributed by atoms with Crippen molar-refractivity contribution in [1.29, 1.82) is 0 Å². The standard InChI is InChI=1S/C15H21N3O/c1-2-18-9-8-16-15(18)12-17-14-7-3-5-13(11-14)6-4-10-19/h3,5,7-9,11,17,19H,2,4,6,10,12H2,1H3. The lowest BCUT2D eigenvalue weighted by Gasteiger charge is -2.09. The molecule has 0 saturated heterocycles. The topological polar surface area (TPSA) is 50.1 Å². The van der Waals surface area contributed by atoms with E-state index < -0.39 is 0 Å². The Labute approximate surface area is 114 Å². The van der Waals surface area contributed by atoms with Gasteiger partial charge in [0.1, 0.15) is 5.82 Å². The Kier molecular flexibility index (Phi) is 4.98. The van der Waals surface area contributed by atoms with Crippen molar-refractivity contribution in [3.05, 3.63) is 48.0 Å². The van der Waals surface area contributed by atoms with Gasteiger partial charge in [-0.25, -0.2) is 4.98 Å². The summed E-state index contributed by atoms with van der Waals surface area (Å²) in [6.07, 6.45) is 5.55. The summed E-state index contributed by atoms with van der Waals surface area (Å²) in [6.45, 7) is 4.02. The molecule has 2 rings (SSSR count). The van der Waals surface area contributed by atoms with Crippen LogP contribution in [0.15, 0.2) is 36.7 Å². The van der Waals surface area contributed by atoms with Crippen molar-refractivity contribution < 1.29 is 5.11 Å². The van der Waals surface area contributed by atoms with Crippen molar-refractivity contribution in [1.82, 2.24) is 9.55 Å². The zero-order valence-electron chi connectivity index (χ0n) is 11.3. The third kappa shape index (κ3) is 3.83. The van der Waals surface area contributed by atoms with Gasteiger partial charge < -0.3 is 15.0 Å². The van der Waals surface area contributed by atoms with Gasteiger partial charge in [0.25, 0.3) is 0 Å². The first-order valence-electron chi connectivity index (χ1n) is 6.77. The molecule has 0 aliphatic carbocycles. The molecule has 0 radical (unpaired) electrons. The molecule has 1 aromatic carbocycles. The van der Waals surface area contributed by atoms with Crippen LogP contribution in [0.4, 0.5) is 5.69 Å². The molecule has 0 aliphatic rings. The van der Waals surface area contributed by atoms with Crippen LogP contribution < -0.4 is 5.32 Å². The second-order valence-electron chi connectivity index (χ2n) is 4.51. The zero-order valence-corrected chi connectivity index (χ0v) is 11.3. The lowest BCUT2D eigenvalue weighted by Crippen LogP contribution is -2.07. The molecule has 102 valence electrons. The summed E-state index contributed by atoms with van der Waals surface area (Å²) < 4.78 is 2.13. The molecule has 1 heterocycles. The lowest BCUT2D eigenvalue weighted by molar-refractivity contribution is 0.288. The summed E-state index contributed by atoms with van der Waals surface area (Å²) in [6, 6.07) is 8.33. The molecular weight excluding hydrogens is 238 g/mol. The number of aliphatic hydroxyl groups excluding tert-OH is 1. The van der Waals surface area contributed by atoms with Gasteiger partial charge in [-0.05, 0) is 37.5 Å². The van der Waals surface area contributed by atoms with Gasteiger partial charge in [0, 0.05) is 31.2 Å². The Bertz CT molecular complexity index is 508. The molecule has 0 amide bonds. The molecule has 19 heavy (non-hydrogen) atoms. The summed E-state index contributed by atoms with van der Waals surface area (Å²) in [5.74, 6) is 1.04. The van der Waals surface area contributed by atoms with Crippen molar-refractivity contribution in [2.24, 2.45) is 0 Å². The predicted molar refractivity (Wildman–Crippen MR) is 77.1 cm³/mol. The number of imidazole rings is 1. The summed E-state index contributed by atoms with van der Waals surface area (Å²) in [4.78, 5) is 4.34. The smallest absolute Gasteiger partial charge is 0.128 e. The van der Waals surface area contributed by atoms with E-state index in [1.54, 1.807) is 0 Å². The van der Waals surface area contributed by atoms with E-state index >= 15 is 0 Å². The SMILES string of the molecule is CCn1ccnc1CNc1cccc(CCCO)c1. The fraction of sp³-hybridized carbons (Fsp3) is 0.400. The average molecular weight is 259 g/mol. The number of aromatic nitrogens is 2. The molecule has 4 heteroatoms. The Balaban J connectivity index is 1.95. The minimum absolute atomic E-state index is 0.242. The molecule has 4 nitrogen and oxygen atoms in total. The van der Waals surface area contributed by atoms with Crippen molar-refractivity contribution in [3.8, 4) is 0 Å². The molecule has 0 fully saturated rings. The van der Waals surface area contributed by atoms with Gasteiger partial charge in [0.2, 0.25) is 0 Å². The quantitative estimate of drug-likeness (QED) is 0.803. The first kappa shape index (κ1) is 13.6. The highest BCUT2D eigenvalue weighted by molar-refractivity contribution is 5.45. The number of rotatable bonds is 7. The molecule has 0 bridgehead atoms. The van der Waals surface area contributed by atoms with Crippen LogP contribution in [0.25, 0.3) is 0 Å². The molecule has 0 saturated carbocycles. The molecule has 1 aromatic heterocycles. The predicted octanol–water partition coefficient (Wildman–Crippen LogP) is 2.44. The minimum Gasteiger partial charge on any atom is -0.396 e. The maximum absolute atomic E-state index is 8.86. The molecular formula is C15H21N3O. The minimum atomic E-state index is 0.242. The van der Waals surface area contributed by atoms with E-state index in [0.717, 1.165) is 37.4 Å². The third-order valence-corrected chi connectivity index (χ3v) is 3.14. The largest absolute Gasteiger partial charge is 0.396 e. The van der Waals surface area contributed by atoms with Crippen molar-refractivity contribution >= 4 is 5.69 Å². The Morgan fingerprint density at radius 1 is 1.37 bits per heavy atom. The van der Waals surface area contributed by atoms with Gasteiger partial charge in [-0.1, -0.05) is 12.1 Å². The monoisotopic (exact) mass is 259 g/mol. The highest BCUT2D eigenvalue weighted by atomic mass is 16.2. The summed E-state index contributed by atoms with van der Waals surface area (Å²) in [5.41, 5.74) is 2.35. The van der Waals surface area contributed by atoms with Crippen molar-refractivity contribution in [3.63, 3.8) is 0 Å². The van der Waals surface area contributed by atoms with Gasteiger partial charge in [0.15, 0.2) is 0 Å². The Morgan fingerprint density at radius 3 is 3.05 bits per heavy atom. The van der Waals surface area contributed by atoms with Gasteiger partial charge in [0.05, 0.1) is 6.54 Å². The van der Waals surface area contributed by atoms with Crippen molar-refractivity contribution in [2.45, 2.75) is 32.9 Å². The van der Waals surface area contributed by atoms with E-state index in [1.165, 1.54) is 5.56 Å². The van der Waals surface area contributed by atoms with E-state index in [4.69, 9.17) is 5.11 Å². The summed E-state index contributed by atoms with van der Waals surface area (Å²) in [5, 5.41) is 12.2. The van der Waals surface area contributed by atoms with Gasteiger partial charge in [-0.2, -0.15) is 0 Å². The molecule has 0 atom stereocenters. The lowest BCUT2D eigenvalue weighted by atomic mass is 10.1. The van der Waals surface area contributed by atoms with Crippen molar-refractivity contribution in [2.75, 3.05) is 11.9 Å². The Hall–Kier alpha value is -1.81. The van der Waals surface area contributed by atoms with Crippen LogP contribution in [0.2, 0.25) is 0 Å². The molecule has 0 spiro atoms. The average Bonchev–Trinajstić information content (AvgIpc) is 2.91. The van der Waals surface area contributed by atoms with Gasteiger partial charge in [-0.15, -0.1) is 0 Å². The fourth-order valence-corrected chi connectivity index (χ4v) is 2.10. The van der Waals surface area contributed by atoms with Crippen LogP contribution in [0.3, 0.4) is 0 Å². The highest BCUT2D eigenvalue weighted by Gasteiger charge is 2.01. The Morgan fingerprint density at radius 2 is 2.26 bits per heavy atom. The van der Waals surface area contributed by atoms with E-state index in [0.29, 0.717) is 0 Å². The number of hydrogen-bond donors (Lipinski definition) is 2. The number of hydrogen-bond acceptors (Lipinski definition) is 3. The number of nitrogens with zero attached hydrogens (tertiary/aromatic N) is 2. The first-order valence-corrected chi connectivity index (χ1v) is 6.77. The van der Waals surface area contributed by atoms with E-state index in [2.05, 4.69) is 40.0 Å². The van der Waals surface area contributed by atoms with E-state index in [9.17, 15) is 0 Å². The van der Waals surface area contributed by atoms with Gasteiger partial charge in [-0.3, -0.25) is 0 Å². The molecule has 2 N–H and O–H groups in total. The normalized spacial score (nSPS) is 10.6.